The number of anilines is 1. The van der Waals surface area contributed by atoms with Crippen molar-refractivity contribution in [3.8, 4) is 11.8 Å². The lowest BCUT2D eigenvalue weighted by atomic mass is 10.0. The summed E-state index contributed by atoms with van der Waals surface area (Å²) < 4.78 is 22.2. The molecule has 0 saturated carbocycles. The fourth-order valence-electron chi connectivity index (χ4n) is 3.06. The number of benzene rings is 2. The monoisotopic (exact) mass is 488 g/mol. The highest BCUT2D eigenvalue weighted by molar-refractivity contribution is 7.81. The van der Waals surface area contributed by atoms with Crippen molar-refractivity contribution in [1.82, 2.24) is 0 Å². The zero-order chi connectivity index (χ0) is 24.8. The van der Waals surface area contributed by atoms with Crippen molar-refractivity contribution in [2.75, 3.05) is 37.5 Å². The molecule has 2 N–H and O–H groups in total. The first-order valence-corrected chi connectivity index (χ1v) is 11.3. The van der Waals surface area contributed by atoms with E-state index < -0.39 is 24.3 Å². The quantitative estimate of drug-likeness (QED) is 0.289. The standard InChI is InChI=1S/C24H28N2O7S/c1-2-30-21(10-12-32-22(28)16-34)23(18-4-3-5-20(14-18)31-13-11-27)33-24(29)26-19-8-6-17(15-25)7-9-19/h3-9,14,21,23,27,34H,2,10-13,16H2,1H3,(H,26,29)/t21-,23-/m1/s1. The van der Waals surface area contributed by atoms with Gasteiger partial charge in [-0.2, -0.15) is 17.9 Å². The molecule has 9 nitrogen and oxygen atoms in total. The number of amides is 1. The van der Waals surface area contributed by atoms with Gasteiger partial charge in [0.05, 0.1) is 30.6 Å². The van der Waals surface area contributed by atoms with E-state index in [2.05, 4.69) is 17.9 Å². The summed E-state index contributed by atoms with van der Waals surface area (Å²) in [5.41, 5.74) is 1.52. The second-order valence-electron chi connectivity index (χ2n) is 6.95. The van der Waals surface area contributed by atoms with E-state index in [1.54, 1.807) is 55.5 Å². The molecular formula is C24H28N2O7S. The number of carbonyl (C=O) groups is 2. The van der Waals surface area contributed by atoms with Gasteiger partial charge in [-0.05, 0) is 48.9 Å². The van der Waals surface area contributed by atoms with Gasteiger partial charge in [0.2, 0.25) is 0 Å². The largest absolute Gasteiger partial charge is 0.491 e. The van der Waals surface area contributed by atoms with Crippen molar-refractivity contribution in [3.05, 3.63) is 59.7 Å². The highest BCUT2D eigenvalue weighted by Gasteiger charge is 2.28. The van der Waals surface area contributed by atoms with E-state index in [0.717, 1.165) is 0 Å². The van der Waals surface area contributed by atoms with Gasteiger partial charge in [-0.3, -0.25) is 10.1 Å². The highest BCUT2D eigenvalue weighted by atomic mass is 32.1. The van der Waals surface area contributed by atoms with Crippen molar-refractivity contribution in [3.63, 3.8) is 0 Å². The summed E-state index contributed by atoms with van der Waals surface area (Å²) in [6.07, 6.45) is -1.94. The molecule has 182 valence electrons. The first-order chi connectivity index (χ1) is 16.5. The Morgan fingerprint density at radius 1 is 1.18 bits per heavy atom. The van der Waals surface area contributed by atoms with E-state index in [0.29, 0.717) is 29.2 Å². The number of carbonyl (C=O) groups excluding carboxylic acids is 2. The predicted octanol–water partition coefficient (Wildman–Crippen LogP) is 3.49. The number of aliphatic hydroxyl groups is 1. The van der Waals surface area contributed by atoms with E-state index in [4.69, 9.17) is 29.3 Å². The molecule has 0 aliphatic carbocycles. The lowest BCUT2D eigenvalue weighted by Crippen LogP contribution is -2.30. The third-order valence-electron chi connectivity index (χ3n) is 4.55. The minimum absolute atomic E-state index is 0.0452. The normalized spacial score (nSPS) is 12.2. The molecule has 34 heavy (non-hydrogen) atoms. The maximum Gasteiger partial charge on any atom is 0.412 e. The van der Waals surface area contributed by atoms with Crippen LogP contribution in [0.5, 0.6) is 5.75 Å². The lowest BCUT2D eigenvalue weighted by molar-refractivity contribution is -0.142. The molecule has 0 spiro atoms. The molecule has 2 aromatic rings. The zero-order valence-electron chi connectivity index (χ0n) is 18.8. The number of aliphatic hydroxyl groups excluding tert-OH is 1. The Balaban J connectivity index is 2.24. The van der Waals surface area contributed by atoms with Gasteiger partial charge >= 0.3 is 12.1 Å². The van der Waals surface area contributed by atoms with Gasteiger partial charge in [0.15, 0.2) is 6.10 Å². The van der Waals surface area contributed by atoms with Crippen LogP contribution in [0.2, 0.25) is 0 Å². The van der Waals surface area contributed by atoms with Crippen LogP contribution in [0.3, 0.4) is 0 Å². The average molecular weight is 489 g/mol. The second kappa shape index (κ2) is 14.8. The number of nitrogens with zero attached hydrogens (tertiary/aromatic N) is 1. The van der Waals surface area contributed by atoms with Crippen molar-refractivity contribution >= 4 is 30.4 Å². The molecular weight excluding hydrogens is 460 g/mol. The van der Waals surface area contributed by atoms with E-state index in [1.807, 2.05) is 6.07 Å². The molecule has 1 amide bonds. The first-order valence-electron chi connectivity index (χ1n) is 10.7. The fraction of sp³-hybridized carbons (Fsp3) is 0.375. The minimum Gasteiger partial charge on any atom is -0.491 e. The number of hydrogen-bond acceptors (Lipinski definition) is 9. The predicted molar refractivity (Wildman–Crippen MR) is 128 cm³/mol. The summed E-state index contributed by atoms with van der Waals surface area (Å²) in [4.78, 5) is 24.2. The summed E-state index contributed by atoms with van der Waals surface area (Å²) >= 11 is 3.89. The molecule has 0 unspecified atom stereocenters. The van der Waals surface area contributed by atoms with Gasteiger partial charge in [0.25, 0.3) is 0 Å². The topological polar surface area (TPSA) is 127 Å². The number of nitriles is 1. The smallest absolute Gasteiger partial charge is 0.412 e. The third-order valence-corrected chi connectivity index (χ3v) is 4.81. The Kier molecular flexibility index (Phi) is 11.7. The molecule has 0 aliphatic rings. The summed E-state index contributed by atoms with van der Waals surface area (Å²) in [6.45, 7) is 2.17. The van der Waals surface area contributed by atoms with Crippen LogP contribution in [0.1, 0.15) is 30.6 Å². The van der Waals surface area contributed by atoms with E-state index in [9.17, 15) is 9.59 Å². The fourth-order valence-corrected chi connectivity index (χ4v) is 3.16. The molecule has 10 heteroatoms. The number of hydrogen-bond donors (Lipinski definition) is 3. The van der Waals surface area contributed by atoms with Gasteiger partial charge in [-0.15, -0.1) is 0 Å². The van der Waals surface area contributed by atoms with E-state index >= 15 is 0 Å². The van der Waals surface area contributed by atoms with E-state index in [-0.39, 0.29) is 32.0 Å². The Labute approximate surface area is 204 Å². The number of thiol groups is 1. The van der Waals surface area contributed by atoms with Gasteiger partial charge in [0.1, 0.15) is 18.5 Å². The molecule has 0 heterocycles. The van der Waals surface area contributed by atoms with Crippen LogP contribution in [-0.4, -0.2) is 55.5 Å². The van der Waals surface area contributed by atoms with Crippen LogP contribution < -0.4 is 10.1 Å². The molecule has 0 aromatic heterocycles. The van der Waals surface area contributed by atoms with Gasteiger partial charge in [-0.25, -0.2) is 4.79 Å². The number of rotatable bonds is 13. The van der Waals surface area contributed by atoms with Crippen LogP contribution in [-0.2, 0) is 19.0 Å². The SMILES string of the molecule is CCO[C@H](CCOC(=O)CS)[C@H](OC(=O)Nc1ccc(C#N)cc1)c1cccc(OCCO)c1. The summed E-state index contributed by atoms with van der Waals surface area (Å²) in [7, 11) is 0. The molecule has 0 aliphatic heterocycles. The summed E-state index contributed by atoms with van der Waals surface area (Å²) in [5.74, 6) is -0.0189. The van der Waals surface area contributed by atoms with Crippen LogP contribution in [0.4, 0.5) is 10.5 Å². The Bertz CT molecular complexity index is 963. The van der Waals surface area contributed by atoms with E-state index in [1.165, 1.54) is 0 Å². The molecule has 2 rings (SSSR count). The third kappa shape index (κ3) is 8.94. The maximum atomic E-state index is 12.7. The molecule has 0 bridgehead atoms. The Morgan fingerprint density at radius 2 is 1.94 bits per heavy atom. The number of esters is 1. The highest BCUT2D eigenvalue weighted by Crippen LogP contribution is 2.29. The van der Waals surface area contributed by atoms with Crippen molar-refractivity contribution in [1.29, 1.82) is 5.26 Å². The maximum absolute atomic E-state index is 12.7. The minimum atomic E-state index is -0.856. The lowest BCUT2D eigenvalue weighted by Gasteiger charge is -2.27. The summed E-state index contributed by atoms with van der Waals surface area (Å²) in [5, 5.41) is 20.6. The molecule has 0 fully saturated rings. The molecule has 0 radical (unpaired) electrons. The average Bonchev–Trinajstić information content (AvgIpc) is 2.86. The van der Waals surface area contributed by atoms with Crippen LogP contribution in [0.25, 0.3) is 0 Å². The van der Waals surface area contributed by atoms with Crippen LogP contribution in [0.15, 0.2) is 48.5 Å². The molecule has 2 atom stereocenters. The summed E-state index contributed by atoms with van der Waals surface area (Å²) in [6, 6.07) is 15.3. The van der Waals surface area contributed by atoms with Crippen LogP contribution >= 0.6 is 12.6 Å². The molecule has 2 aromatic carbocycles. The Hall–Kier alpha value is -3.26. The first kappa shape index (κ1) is 27.0. The Morgan fingerprint density at radius 3 is 2.59 bits per heavy atom. The molecule has 0 saturated heterocycles. The van der Waals surface area contributed by atoms with Crippen molar-refractivity contribution < 1.29 is 33.6 Å². The van der Waals surface area contributed by atoms with Gasteiger partial charge < -0.3 is 24.1 Å². The zero-order valence-corrected chi connectivity index (χ0v) is 19.7. The van der Waals surface area contributed by atoms with Gasteiger partial charge in [0, 0.05) is 18.7 Å². The van der Waals surface area contributed by atoms with Crippen molar-refractivity contribution in [2.45, 2.75) is 25.6 Å². The van der Waals surface area contributed by atoms with Crippen LogP contribution in [0, 0.1) is 11.3 Å². The van der Waals surface area contributed by atoms with Gasteiger partial charge in [-0.1, -0.05) is 12.1 Å². The number of nitrogens with one attached hydrogen (secondary N) is 1. The number of ether oxygens (including phenoxy) is 4. The second-order valence-corrected chi connectivity index (χ2v) is 7.26. The van der Waals surface area contributed by atoms with Crippen molar-refractivity contribution in [2.24, 2.45) is 0 Å².